The molecule has 3 aromatic rings. The van der Waals surface area contributed by atoms with Crippen LogP contribution in [0, 0.1) is 0 Å². The van der Waals surface area contributed by atoms with Crippen molar-refractivity contribution in [3.63, 3.8) is 0 Å². The summed E-state index contributed by atoms with van der Waals surface area (Å²) in [6, 6.07) is 14.0. The van der Waals surface area contributed by atoms with E-state index in [0.29, 0.717) is 0 Å². The van der Waals surface area contributed by atoms with E-state index in [-0.39, 0.29) is 11.9 Å². The Hall–Kier alpha value is -3.08. The molecule has 0 radical (unpaired) electrons. The van der Waals surface area contributed by atoms with Crippen LogP contribution in [0.1, 0.15) is 41.7 Å². The molecule has 1 atom stereocenters. The SMILES string of the molecule is O=C(c1ccc(-c2cnccn2)cc1)N1CCCCC1CCc1ccccn1. The van der Waals surface area contributed by atoms with Gasteiger partial charge in [-0.3, -0.25) is 19.7 Å². The number of aromatic nitrogens is 3. The van der Waals surface area contributed by atoms with Crippen LogP contribution in [0.4, 0.5) is 0 Å². The number of piperidine rings is 1. The number of carbonyl (C=O) groups excluding carboxylic acids is 1. The van der Waals surface area contributed by atoms with Gasteiger partial charge in [-0.25, -0.2) is 0 Å². The molecule has 0 spiro atoms. The van der Waals surface area contributed by atoms with Crippen molar-refractivity contribution in [3.8, 4) is 11.3 Å². The van der Waals surface area contributed by atoms with Crippen LogP contribution < -0.4 is 0 Å². The monoisotopic (exact) mass is 372 g/mol. The lowest BCUT2D eigenvalue weighted by Gasteiger charge is -2.36. The van der Waals surface area contributed by atoms with Gasteiger partial charge in [0.2, 0.25) is 0 Å². The van der Waals surface area contributed by atoms with E-state index in [1.165, 1.54) is 6.42 Å². The van der Waals surface area contributed by atoms with Crippen LogP contribution >= 0.6 is 0 Å². The molecule has 5 nitrogen and oxygen atoms in total. The maximum absolute atomic E-state index is 13.2. The van der Waals surface area contributed by atoms with Gasteiger partial charge in [0.15, 0.2) is 0 Å². The fourth-order valence-corrected chi connectivity index (χ4v) is 3.83. The van der Waals surface area contributed by atoms with Gasteiger partial charge in [-0.05, 0) is 56.4 Å². The molecule has 1 amide bonds. The van der Waals surface area contributed by atoms with Crippen LogP contribution in [0.3, 0.4) is 0 Å². The first-order chi connectivity index (χ1) is 13.8. The zero-order chi connectivity index (χ0) is 19.2. The molecule has 0 aliphatic carbocycles. The molecule has 2 aromatic heterocycles. The van der Waals surface area contributed by atoms with Crippen molar-refractivity contribution in [3.05, 3.63) is 78.5 Å². The number of aryl methyl sites for hydroxylation is 1. The standard InChI is InChI=1S/C23H24N4O/c28-23(19-9-7-18(8-10-19)22-17-24-14-15-26-22)27-16-4-2-6-21(27)12-11-20-5-1-3-13-25-20/h1,3,5,7-10,13-15,17,21H,2,4,6,11-12,16H2. The Balaban J connectivity index is 1.45. The van der Waals surface area contributed by atoms with Gasteiger partial charge in [0.25, 0.3) is 5.91 Å². The van der Waals surface area contributed by atoms with Crippen molar-refractivity contribution in [2.24, 2.45) is 0 Å². The zero-order valence-corrected chi connectivity index (χ0v) is 15.9. The number of rotatable bonds is 5. The second-order valence-corrected chi connectivity index (χ2v) is 7.18. The van der Waals surface area contributed by atoms with Crippen molar-refractivity contribution in [1.29, 1.82) is 0 Å². The first-order valence-corrected chi connectivity index (χ1v) is 9.88. The van der Waals surface area contributed by atoms with Gasteiger partial charge in [0.1, 0.15) is 0 Å². The van der Waals surface area contributed by atoms with Crippen molar-refractivity contribution in [2.75, 3.05) is 6.54 Å². The largest absolute Gasteiger partial charge is 0.336 e. The lowest BCUT2D eigenvalue weighted by Crippen LogP contribution is -2.44. The molecule has 0 saturated carbocycles. The summed E-state index contributed by atoms with van der Waals surface area (Å²) in [5.74, 6) is 0.122. The Kier molecular flexibility index (Phi) is 5.71. The van der Waals surface area contributed by atoms with Gasteiger partial charge < -0.3 is 4.90 Å². The summed E-state index contributed by atoms with van der Waals surface area (Å²) < 4.78 is 0. The van der Waals surface area contributed by atoms with Crippen LogP contribution in [0.2, 0.25) is 0 Å². The predicted molar refractivity (Wildman–Crippen MR) is 109 cm³/mol. The highest BCUT2D eigenvalue weighted by Crippen LogP contribution is 2.24. The average Bonchev–Trinajstić information content (AvgIpc) is 2.79. The fourth-order valence-electron chi connectivity index (χ4n) is 3.83. The first kappa shape index (κ1) is 18.3. The van der Waals surface area contributed by atoms with E-state index >= 15 is 0 Å². The highest BCUT2D eigenvalue weighted by Gasteiger charge is 2.27. The van der Waals surface area contributed by atoms with E-state index in [0.717, 1.165) is 54.7 Å². The topological polar surface area (TPSA) is 59.0 Å². The molecule has 28 heavy (non-hydrogen) atoms. The molecule has 0 bridgehead atoms. The van der Waals surface area contributed by atoms with Crippen LogP contribution in [0.5, 0.6) is 0 Å². The molecule has 1 unspecified atom stereocenters. The highest BCUT2D eigenvalue weighted by atomic mass is 16.2. The molecule has 1 aromatic carbocycles. The quantitative estimate of drug-likeness (QED) is 0.675. The molecule has 4 rings (SSSR count). The Morgan fingerprint density at radius 1 is 1.00 bits per heavy atom. The van der Waals surface area contributed by atoms with Gasteiger partial charge >= 0.3 is 0 Å². The average molecular weight is 372 g/mol. The van der Waals surface area contributed by atoms with Crippen LogP contribution in [0.15, 0.2) is 67.3 Å². The zero-order valence-electron chi connectivity index (χ0n) is 15.9. The minimum absolute atomic E-state index is 0.122. The van der Waals surface area contributed by atoms with E-state index in [9.17, 15) is 4.79 Å². The number of pyridine rings is 1. The maximum atomic E-state index is 13.2. The van der Waals surface area contributed by atoms with Crippen LogP contribution in [-0.4, -0.2) is 38.3 Å². The second kappa shape index (κ2) is 8.74. The van der Waals surface area contributed by atoms with Gasteiger partial charge in [-0.15, -0.1) is 0 Å². The number of carbonyl (C=O) groups is 1. The molecule has 1 fully saturated rings. The summed E-state index contributed by atoms with van der Waals surface area (Å²) in [6.07, 6.45) is 12.1. The van der Waals surface area contributed by atoms with Crippen LogP contribution in [-0.2, 0) is 6.42 Å². The summed E-state index contributed by atoms with van der Waals surface area (Å²) in [5, 5.41) is 0. The predicted octanol–water partition coefficient (Wildman–Crippen LogP) is 4.17. The van der Waals surface area contributed by atoms with Crippen molar-refractivity contribution >= 4 is 5.91 Å². The number of likely N-dealkylation sites (tertiary alicyclic amines) is 1. The van der Waals surface area contributed by atoms with Crippen molar-refractivity contribution in [2.45, 2.75) is 38.1 Å². The van der Waals surface area contributed by atoms with Crippen LogP contribution in [0.25, 0.3) is 11.3 Å². The third-order valence-electron chi connectivity index (χ3n) is 5.34. The number of nitrogens with zero attached hydrogens (tertiary/aromatic N) is 4. The molecule has 1 aliphatic heterocycles. The minimum atomic E-state index is 0.122. The number of benzene rings is 1. The fraction of sp³-hybridized carbons (Fsp3) is 0.304. The van der Waals surface area contributed by atoms with E-state index in [1.54, 1.807) is 18.6 Å². The van der Waals surface area contributed by atoms with Gasteiger partial charge in [0.05, 0.1) is 11.9 Å². The van der Waals surface area contributed by atoms with E-state index in [4.69, 9.17) is 0 Å². The third kappa shape index (κ3) is 4.25. The number of hydrogen-bond acceptors (Lipinski definition) is 4. The van der Waals surface area contributed by atoms with Crippen molar-refractivity contribution < 1.29 is 4.79 Å². The second-order valence-electron chi connectivity index (χ2n) is 7.18. The van der Waals surface area contributed by atoms with E-state index in [1.807, 2.05) is 42.6 Å². The Morgan fingerprint density at radius 3 is 2.64 bits per heavy atom. The van der Waals surface area contributed by atoms with Gasteiger partial charge in [-0.2, -0.15) is 0 Å². The van der Waals surface area contributed by atoms with Crippen molar-refractivity contribution in [1.82, 2.24) is 19.9 Å². The molecular weight excluding hydrogens is 348 g/mol. The molecule has 1 saturated heterocycles. The first-order valence-electron chi connectivity index (χ1n) is 9.88. The lowest BCUT2D eigenvalue weighted by molar-refractivity contribution is 0.0601. The van der Waals surface area contributed by atoms with Gasteiger partial charge in [-0.1, -0.05) is 18.2 Å². The summed E-state index contributed by atoms with van der Waals surface area (Å²) in [6.45, 7) is 0.831. The minimum Gasteiger partial charge on any atom is -0.336 e. The summed E-state index contributed by atoms with van der Waals surface area (Å²) in [4.78, 5) is 28.0. The molecule has 1 aliphatic rings. The summed E-state index contributed by atoms with van der Waals surface area (Å²) in [5.41, 5.74) is 3.61. The Bertz CT molecular complexity index is 897. The smallest absolute Gasteiger partial charge is 0.254 e. The Morgan fingerprint density at radius 2 is 1.89 bits per heavy atom. The number of hydrogen-bond donors (Lipinski definition) is 0. The lowest BCUT2D eigenvalue weighted by atomic mass is 9.96. The Labute approximate surface area is 165 Å². The highest BCUT2D eigenvalue weighted by molar-refractivity contribution is 5.95. The maximum Gasteiger partial charge on any atom is 0.254 e. The molecular formula is C23H24N4O. The molecule has 142 valence electrons. The number of amides is 1. The van der Waals surface area contributed by atoms with E-state index < -0.39 is 0 Å². The summed E-state index contributed by atoms with van der Waals surface area (Å²) in [7, 11) is 0. The molecule has 3 heterocycles. The summed E-state index contributed by atoms with van der Waals surface area (Å²) >= 11 is 0. The normalized spacial score (nSPS) is 16.7. The van der Waals surface area contributed by atoms with E-state index in [2.05, 4.69) is 25.9 Å². The molecule has 0 N–H and O–H groups in total. The molecule has 5 heteroatoms. The third-order valence-corrected chi connectivity index (χ3v) is 5.34. The van der Waals surface area contributed by atoms with Gasteiger partial charge in [0, 0.05) is 48.0 Å².